The lowest BCUT2D eigenvalue weighted by Crippen LogP contribution is -2.12. The van der Waals surface area contributed by atoms with Gasteiger partial charge in [-0.25, -0.2) is 9.67 Å². The second-order valence-electron chi connectivity index (χ2n) is 6.63. The molecule has 7 nitrogen and oxygen atoms in total. The van der Waals surface area contributed by atoms with Crippen LogP contribution in [-0.4, -0.2) is 31.1 Å². The van der Waals surface area contributed by atoms with Crippen LogP contribution < -0.4 is 5.32 Å². The van der Waals surface area contributed by atoms with Crippen molar-refractivity contribution in [2.45, 2.75) is 26.7 Å². The molecule has 146 valence electrons. The Morgan fingerprint density at radius 3 is 2.72 bits per heavy atom. The van der Waals surface area contributed by atoms with Crippen LogP contribution in [0.2, 0.25) is 0 Å². The zero-order valence-corrected chi connectivity index (χ0v) is 17.0. The van der Waals surface area contributed by atoms with Gasteiger partial charge in [-0.2, -0.15) is 0 Å². The summed E-state index contributed by atoms with van der Waals surface area (Å²) in [4.78, 5) is 18.4. The molecule has 4 aromatic rings. The van der Waals surface area contributed by atoms with Gasteiger partial charge in [0.2, 0.25) is 0 Å². The number of aryl methyl sites for hydroxylation is 2. The van der Waals surface area contributed by atoms with Crippen LogP contribution in [0, 0.1) is 6.92 Å². The van der Waals surface area contributed by atoms with Crippen molar-refractivity contribution in [2.24, 2.45) is 0 Å². The zero-order valence-electron chi connectivity index (χ0n) is 16.2. The summed E-state index contributed by atoms with van der Waals surface area (Å²) < 4.78 is 1.50. The minimum atomic E-state index is -0.224. The van der Waals surface area contributed by atoms with E-state index < -0.39 is 0 Å². The van der Waals surface area contributed by atoms with Crippen molar-refractivity contribution in [3.05, 3.63) is 70.9 Å². The average Bonchev–Trinajstić information content (AvgIpc) is 3.39. The minimum absolute atomic E-state index is 0.224. The number of anilines is 1. The molecule has 29 heavy (non-hydrogen) atoms. The molecule has 0 saturated carbocycles. The normalized spacial score (nSPS) is 10.8. The van der Waals surface area contributed by atoms with Gasteiger partial charge in [0, 0.05) is 16.0 Å². The van der Waals surface area contributed by atoms with Crippen molar-refractivity contribution in [3.8, 4) is 16.9 Å². The van der Waals surface area contributed by atoms with E-state index in [-0.39, 0.29) is 5.91 Å². The molecular weight excluding hydrogens is 384 g/mol. The molecular formula is C21H20N6OS. The highest BCUT2D eigenvalue weighted by Gasteiger charge is 2.14. The molecule has 4 rings (SSSR count). The third-order valence-corrected chi connectivity index (χ3v) is 5.39. The number of carbonyl (C=O) groups excluding carboxylic acids is 1. The van der Waals surface area contributed by atoms with Gasteiger partial charge < -0.3 is 0 Å². The number of aromatic nitrogens is 5. The van der Waals surface area contributed by atoms with Gasteiger partial charge in [0.25, 0.3) is 5.91 Å². The van der Waals surface area contributed by atoms with Crippen molar-refractivity contribution in [2.75, 3.05) is 5.32 Å². The summed E-state index contributed by atoms with van der Waals surface area (Å²) in [5, 5.41) is 14.6. The van der Waals surface area contributed by atoms with Crippen molar-refractivity contribution in [1.29, 1.82) is 0 Å². The molecule has 1 amide bonds. The Morgan fingerprint density at radius 1 is 1.17 bits per heavy atom. The van der Waals surface area contributed by atoms with Crippen LogP contribution in [0.3, 0.4) is 0 Å². The molecule has 0 fully saturated rings. The molecule has 0 aliphatic heterocycles. The first-order chi connectivity index (χ1) is 14.1. The predicted molar refractivity (Wildman–Crippen MR) is 113 cm³/mol. The minimum Gasteiger partial charge on any atom is -0.298 e. The molecule has 0 radical (unpaired) electrons. The summed E-state index contributed by atoms with van der Waals surface area (Å²) in [5.74, 6) is -0.224. The standard InChI is InChI=1S/C21H20N6OS/c1-3-5-15-8-10-16(11-9-15)19-14(2)29-21(23-19)24-20(28)17-6-4-7-18(12-17)27-13-22-25-26-27/h4,6-13H,3,5H2,1-2H3,(H,23,24,28). The first-order valence-corrected chi connectivity index (χ1v) is 10.2. The highest BCUT2D eigenvalue weighted by molar-refractivity contribution is 7.16. The van der Waals surface area contributed by atoms with Crippen LogP contribution in [0.25, 0.3) is 16.9 Å². The molecule has 2 aromatic heterocycles. The van der Waals surface area contributed by atoms with E-state index in [1.807, 2.05) is 13.0 Å². The molecule has 2 aromatic carbocycles. The van der Waals surface area contributed by atoms with Gasteiger partial charge in [0.15, 0.2) is 5.13 Å². The quantitative estimate of drug-likeness (QED) is 0.518. The first-order valence-electron chi connectivity index (χ1n) is 9.35. The van der Waals surface area contributed by atoms with E-state index in [1.54, 1.807) is 18.2 Å². The summed E-state index contributed by atoms with van der Waals surface area (Å²) in [6.07, 6.45) is 3.68. The van der Waals surface area contributed by atoms with Gasteiger partial charge >= 0.3 is 0 Å². The Morgan fingerprint density at radius 2 is 2.00 bits per heavy atom. The maximum atomic E-state index is 12.7. The van der Waals surface area contributed by atoms with Crippen LogP contribution in [0.1, 0.15) is 34.1 Å². The molecule has 0 atom stereocenters. The monoisotopic (exact) mass is 404 g/mol. The van der Waals surface area contributed by atoms with Crippen molar-refractivity contribution >= 4 is 22.4 Å². The second-order valence-corrected chi connectivity index (χ2v) is 7.83. The summed E-state index contributed by atoms with van der Waals surface area (Å²) in [6, 6.07) is 15.6. The predicted octanol–water partition coefficient (Wildman–Crippen LogP) is 4.30. The topological polar surface area (TPSA) is 85.6 Å². The number of thiazole rings is 1. The Bertz CT molecular complexity index is 1120. The van der Waals surface area contributed by atoms with E-state index in [9.17, 15) is 4.79 Å². The van der Waals surface area contributed by atoms with Crippen LogP contribution in [0.4, 0.5) is 5.13 Å². The fourth-order valence-electron chi connectivity index (χ4n) is 3.07. The average molecular weight is 404 g/mol. The maximum Gasteiger partial charge on any atom is 0.257 e. The number of carbonyl (C=O) groups is 1. The van der Waals surface area contributed by atoms with Gasteiger partial charge in [-0.1, -0.05) is 43.7 Å². The van der Waals surface area contributed by atoms with Crippen molar-refractivity contribution < 1.29 is 4.79 Å². The summed E-state index contributed by atoms with van der Waals surface area (Å²) in [7, 11) is 0. The number of benzene rings is 2. The molecule has 2 heterocycles. The van der Waals surface area contributed by atoms with Crippen molar-refractivity contribution in [1.82, 2.24) is 25.2 Å². The van der Waals surface area contributed by atoms with E-state index in [0.717, 1.165) is 29.0 Å². The van der Waals surface area contributed by atoms with E-state index in [1.165, 1.54) is 27.9 Å². The third-order valence-electron chi connectivity index (χ3n) is 4.51. The molecule has 0 saturated heterocycles. The lowest BCUT2D eigenvalue weighted by atomic mass is 10.1. The lowest BCUT2D eigenvalue weighted by Gasteiger charge is -2.04. The molecule has 0 bridgehead atoms. The Kier molecular flexibility index (Phi) is 5.44. The van der Waals surface area contributed by atoms with E-state index in [4.69, 9.17) is 0 Å². The molecule has 1 N–H and O–H groups in total. The van der Waals surface area contributed by atoms with E-state index >= 15 is 0 Å². The number of tetrazole rings is 1. The Hall–Kier alpha value is -3.39. The molecule has 0 aliphatic rings. The second kappa shape index (κ2) is 8.32. The molecule has 0 unspecified atom stereocenters. The van der Waals surface area contributed by atoms with Crippen LogP contribution in [-0.2, 0) is 6.42 Å². The molecule has 0 spiro atoms. The van der Waals surface area contributed by atoms with Gasteiger partial charge in [0.1, 0.15) is 6.33 Å². The number of rotatable bonds is 6. The third kappa shape index (κ3) is 4.22. The maximum absolute atomic E-state index is 12.7. The summed E-state index contributed by atoms with van der Waals surface area (Å²) in [5.41, 5.74) is 4.50. The summed E-state index contributed by atoms with van der Waals surface area (Å²) in [6.45, 7) is 4.19. The van der Waals surface area contributed by atoms with Crippen LogP contribution >= 0.6 is 11.3 Å². The highest BCUT2D eigenvalue weighted by atomic mass is 32.1. The number of amides is 1. The van der Waals surface area contributed by atoms with E-state index in [0.29, 0.717) is 16.4 Å². The Balaban J connectivity index is 1.52. The van der Waals surface area contributed by atoms with Gasteiger partial charge in [-0.05, 0) is 47.5 Å². The van der Waals surface area contributed by atoms with Gasteiger partial charge in [0.05, 0.1) is 11.4 Å². The fraction of sp³-hybridized carbons (Fsp3) is 0.190. The number of nitrogens with zero attached hydrogens (tertiary/aromatic N) is 5. The molecule has 0 aliphatic carbocycles. The SMILES string of the molecule is CCCc1ccc(-c2nc(NC(=O)c3cccc(-n4cnnn4)c3)sc2C)cc1. The number of hydrogen-bond acceptors (Lipinski definition) is 6. The highest BCUT2D eigenvalue weighted by Crippen LogP contribution is 2.31. The van der Waals surface area contributed by atoms with Crippen LogP contribution in [0.15, 0.2) is 54.9 Å². The zero-order chi connectivity index (χ0) is 20.2. The smallest absolute Gasteiger partial charge is 0.257 e. The number of hydrogen-bond donors (Lipinski definition) is 1. The number of nitrogens with one attached hydrogen (secondary N) is 1. The summed E-state index contributed by atoms with van der Waals surface area (Å²) >= 11 is 1.47. The fourth-order valence-corrected chi connectivity index (χ4v) is 3.91. The molecule has 8 heteroatoms. The van der Waals surface area contributed by atoms with Crippen LogP contribution in [0.5, 0.6) is 0 Å². The van der Waals surface area contributed by atoms with Gasteiger partial charge in [-0.15, -0.1) is 16.4 Å². The van der Waals surface area contributed by atoms with Gasteiger partial charge in [-0.3, -0.25) is 10.1 Å². The lowest BCUT2D eigenvalue weighted by molar-refractivity contribution is 0.102. The largest absolute Gasteiger partial charge is 0.298 e. The van der Waals surface area contributed by atoms with Crippen molar-refractivity contribution in [3.63, 3.8) is 0 Å². The Labute approximate surface area is 172 Å². The first kappa shape index (κ1) is 18.9. The van der Waals surface area contributed by atoms with E-state index in [2.05, 4.69) is 57.0 Å².